The highest BCUT2D eigenvalue weighted by Crippen LogP contribution is 2.19. The lowest BCUT2D eigenvalue weighted by molar-refractivity contribution is 0.746. The van der Waals surface area contributed by atoms with Gasteiger partial charge in [0.05, 0.1) is 5.52 Å². The number of aryl methyl sites for hydroxylation is 2. The molecule has 2 rings (SSSR count). The van der Waals surface area contributed by atoms with E-state index in [1.807, 2.05) is 6.07 Å². The van der Waals surface area contributed by atoms with Crippen LogP contribution in [0.1, 0.15) is 24.1 Å². The average Bonchev–Trinajstić information content (AvgIpc) is 2.29. The van der Waals surface area contributed by atoms with Gasteiger partial charge in [-0.25, -0.2) is 0 Å². The minimum Gasteiger partial charge on any atom is -0.330 e. The van der Waals surface area contributed by atoms with Crippen molar-refractivity contribution in [3.8, 4) is 0 Å². The second-order valence-electron chi connectivity index (χ2n) is 4.19. The maximum absolute atomic E-state index is 5.52. The van der Waals surface area contributed by atoms with Crippen molar-refractivity contribution < 1.29 is 0 Å². The van der Waals surface area contributed by atoms with Crippen LogP contribution >= 0.6 is 0 Å². The van der Waals surface area contributed by atoms with Crippen LogP contribution in [0.3, 0.4) is 0 Å². The van der Waals surface area contributed by atoms with Crippen LogP contribution in [0.2, 0.25) is 0 Å². The van der Waals surface area contributed by atoms with Crippen molar-refractivity contribution in [2.45, 2.75) is 26.2 Å². The second-order valence-corrected chi connectivity index (χ2v) is 4.19. The average molecular weight is 214 g/mol. The van der Waals surface area contributed by atoms with Gasteiger partial charge >= 0.3 is 0 Å². The molecule has 2 heteroatoms. The Morgan fingerprint density at radius 3 is 2.81 bits per heavy atom. The van der Waals surface area contributed by atoms with Gasteiger partial charge in [-0.1, -0.05) is 18.2 Å². The quantitative estimate of drug-likeness (QED) is 0.795. The molecule has 1 heterocycles. The highest BCUT2D eigenvalue weighted by atomic mass is 14.7. The summed E-state index contributed by atoms with van der Waals surface area (Å²) in [5.41, 5.74) is 9.12. The first-order chi connectivity index (χ1) is 7.81. The molecule has 2 aromatic rings. The first-order valence-electron chi connectivity index (χ1n) is 5.86. The normalized spacial score (nSPS) is 10.9. The summed E-state index contributed by atoms with van der Waals surface area (Å²) in [5, 5.41) is 1.28. The van der Waals surface area contributed by atoms with E-state index in [9.17, 15) is 0 Å². The molecule has 0 saturated carbocycles. The maximum atomic E-state index is 5.52. The Balaban J connectivity index is 2.34. The third-order valence-electron chi connectivity index (χ3n) is 2.83. The first-order valence-corrected chi connectivity index (χ1v) is 5.86. The summed E-state index contributed by atoms with van der Waals surface area (Å²) in [6, 6.07) is 10.5. The molecule has 0 unspecified atom stereocenters. The first kappa shape index (κ1) is 11.1. The summed E-state index contributed by atoms with van der Waals surface area (Å²) in [5.74, 6) is 0. The van der Waals surface area contributed by atoms with E-state index in [0.717, 1.165) is 37.0 Å². The molecule has 1 aromatic carbocycles. The van der Waals surface area contributed by atoms with Gasteiger partial charge in [0.2, 0.25) is 0 Å². The van der Waals surface area contributed by atoms with E-state index in [1.165, 1.54) is 10.9 Å². The van der Waals surface area contributed by atoms with Crippen molar-refractivity contribution in [1.82, 2.24) is 4.98 Å². The monoisotopic (exact) mass is 214 g/mol. The Kier molecular flexibility index (Phi) is 3.52. The third kappa shape index (κ3) is 2.39. The number of benzene rings is 1. The predicted octanol–water partition coefficient (Wildman–Crippen LogP) is 2.82. The Labute approximate surface area is 96.5 Å². The van der Waals surface area contributed by atoms with Crippen LogP contribution in [-0.2, 0) is 6.42 Å². The lowest BCUT2D eigenvalue weighted by Crippen LogP contribution is -1.99. The topological polar surface area (TPSA) is 38.9 Å². The van der Waals surface area contributed by atoms with Gasteiger partial charge in [-0.15, -0.1) is 0 Å². The Morgan fingerprint density at radius 2 is 2.00 bits per heavy atom. The molecule has 16 heavy (non-hydrogen) atoms. The van der Waals surface area contributed by atoms with E-state index in [-0.39, 0.29) is 0 Å². The van der Waals surface area contributed by atoms with Crippen LogP contribution in [-0.4, -0.2) is 11.5 Å². The SMILES string of the molecule is Cc1cc(CCCCN)c2ccccc2n1. The van der Waals surface area contributed by atoms with Crippen LogP contribution in [0.5, 0.6) is 0 Å². The zero-order valence-electron chi connectivity index (χ0n) is 9.74. The Hall–Kier alpha value is -1.41. The number of pyridine rings is 1. The molecule has 0 aliphatic rings. The second kappa shape index (κ2) is 5.08. The summed E-state index contributed by atoms with van der Waals surface area (Å²) in [4.78, 5) is 4.54. The summed E-state index contributed by atoms with van der Waals surface area (Å²) in [6.07, 6.45) is 3.35. The Bertz CT molecular complexity index is 477. The Morgan fingerprint density at radius 1 is 1.19 bits per heavy atom. The summed E-state index contributed by atoms with van der Waals surface area (Å²) >= 11 is 0. The molecular weight excluding hydrogens is 196 g/mol. The standard InChI is InChI=1S/C14H18N2/c1-11-10-12(6-4-5-9-15)13-7-2-3-8-14(13)16-11/h2-3,7-8,10H,4-6,9,15H2,1H3. The molecule has 2 N–H and O–H groups in total. The van der Waals surface area contributed by atoms with E-state index in [0.29, 0.717) is 0 Å². The number of rotatable bonds is 4. The van der Waals surface area contributed by atoms with Crippen molar-refractivity contribution in [1.29, 1.82) is 0 Å². The molecule has 0 atom stereocenters. The largest absolute Gasteiger partial charge is 0.330 e. The number of nitrogens with zero attached hydrogens (tertiary/aromatic N) is 1. The van der Waals surface area contributed by atoms with Crippen LogP contribution in [0.4, 0.5) is 0 Å². The van der Waals surface area contributed by atoms with Crippen molar-refractivity contribution >= 4 is 10.9 Å². The molecular formula is C14H18N2. The summed E-state index contributed by atoms with van der Waals surface area (Å²) in [7, 11) is 0. The number of para-hydroxylation sites is 1. The van der Waals surface area contributed by atoms with Gasteiger partial charge in [0.1, 0.15) is 0 Å². The number of aromatic nitrogens is 1. The third-order valence-corrected chi connectivity index (χ3v) is 2.83. The molecule has 1 aromatic heterocycles. The van der Waals surface area contributed by atoms with Crippen molar-refractivity contribution in [2.24, 2.45) is 5.73 Å². The molecule has 0 spiro atoms. The van der Waals surface area contributed by atoms with Crippen LogP contribution in [0.15, 0.2) is 30.3 Å². The lowest BCUT2D eigenvalue weighted by Gasteiger charge is -2.07. The molecule has 84 valence electrons. The van der Waals surface area contributed by atoms with Gasteiger partial charge in [-0.05, 0) is 50.4 Å². The summed E-state index contributed by atoms with van der Waals surface area (Å²) < 4.78 is 0. The fraction of sp³-hybridized carbons (Fsp3) is 0.357. The van der Waals surface area contributed by atoms with E-state index in [1.54, 1.807) is 0 Å². The molecule has 0 amide bonds. The van der Waals surface area contributed by atoms with Gasteiger partial charge < -0.3 is 5.73 Å². The number of nitrogens with two attached hydrogens (primary N) is 1. The fourth-order valence-electron chi connectivity index (χ4n) is 2.06. The predicted molar refractivity (Wildman–Crippen MR) is 68.5 cm³/mol. The highest BCUT2D eigenvalue weighted by molar-refractivity contribution is 5.82. The van der Waals surface area contributed by atoms with Crippen LogP contribution in [0, 0.1) is 6.92 Å². The fourth-order valence-corrected chi connectivity index (χ4v) is 2.06. The van der Waals surface area contributed by atoms with Crippen molar-refractivity contribution in [2.75, 3.05) is 6.54 Å². The van der Waals surface area contributed by atoms with Gasteiger partial charge in [-0.3, -0.25) is 4.98 Å². The molecule has 0 radical (unpaired) electrons. The number of hydrogen-bond donors (Lipinski definition) is 1. The smallest absolute Gasteiger partial charge is 0.0707 e. The number of unbranched alkanes of at least 4 members (excludes halogenated alkanes) is 1. The van der Waals surface area contributed by atoms with Crippen LogP contribution < -0.4 is 5.73 Å². The van der Waals surface area contributed by atoms with Gasteiger partial charge in [-0.2, -0.15) is 0 Å². The number of fused-ring (bicyclic) bond motifs is 1. The van der Waals surface area contributed by atoms with E-state index in [4.69, 9.17) is 5.73 Å². The van der Waals surface area contributed by atoms with E-state index < -0.39 is 0 Å². The van der Waals surface area contributed by atoms with Crippen molar-refractivity contribution in [3.63, 3.8) is 0 Å². The minimum atomic E-state index is 0.780. The van der Waals surface area contributed by atoms with Gasteiger partial charge in [0.15, 0.2) is 0 Å². The summed E-state index contributed by atoms with van der Waals surface area (Å²) in [6.45, 7) is 2.83. The maximum Gasteiger partial charge on any atom is 0.0707 e. The molecule has 0 aliphatic carbocycles. The molecule has 0 saturated heterocycles. The zero-order chi connectivity index (χ0) is 11.4. The van der Waals surface area contributed by atoms with E-state index in [2.05, 4.69) is 36.2 Å². The molecule has 0 bridgehead atoms. The van der Waals surface area contributed by atoms with E-state index >= 15 is 0 Å². The van der Waals surface area contributed by atoms with Gasteiger partial charge in [0.25, 0.3) is 0 Å². The molecule has 2 nitrogen and oxygen atoms in total. The van der Waals surface area contributed by atoms with Crippen molar-refractivity contribution in [3.05, 3.63) is 41.6 Å². The molecule has 0 aliphatic heterocycles. The van der Waals surface area contributed by atoms with Crippen LogP contribution in [0.25, 0.3) is 10.9 Å². The van der Waals surface area contributed by atoms with Gasteiger partial charge in [0, 0.05) is 11.1 Å². The lowest BCUT2D eigenvalue weighted by atomic mass is 10.0. The highest BCUT2D eigenvalue weighted by Gasteiger charge is 2.02. The number of hydrogen-bond acceptors (Lipinski definition) is 2. The minimum absolute atomic E-state index is 0.780. The molecule has 0 fully saturated rings. The zero-order valence-corrected chi connectivity index (χ0v) is 9.74.